The Bertz CT molecular complexity index is 1490. The Balaban J connectivity index is 1.22. The van der Waals surface area contributed by atoms with Crippen molar-refractivity contribution >= 4 is 15.9 Å². The zero-order valence-corrected chi connectivity index (χ0v) is 26.0. The number of carbonyl (C=O) groups excluding carboxylic acids is 1. The molecule has 1 amide bonds. The summed E-state index contributed by atoms with van der Waals surface area (Å²) < 4.78 is 47.8. The van der Waals surface area contributed by atoms with Crippen LogP contribution in [0.3, 0.4) is 0 Å². The van der Waals surface area contributed by atoms with Gasteiger partial charge < -0.3 is 15.0 Å². The van der Waals surface area contributed by atoms with Crippen molar-refractivity contribution in [2.24, 2.45) is 11.8 Å². The lowest BCUT2D eigenvalue weighted by molar-refractivity contribution is -0.122. The van der Waals surface area contributed by atoms with E-state index in [1.807, 2.05) is 36.4 Å². The summed E-state index contributed by atoms with van der Waals surface area (Å²) in [5.74, 6) is 1.05. The summed E-state index contributed by atoms with van der Waals surface area (Å²) in [5, 5.41) is 3.13. The molecule has 2 aliphatic rings. The number of sulfonamides is 1. The van der Waals surface area contributed by atoms with Crippen LogP contribution in [0.25, 0.3) is 0 Å². The van der Waals surface area contributed by atoms with Gasteiger partial charge in [0.25, 0.3) is 0 Å². The first kappa shape index (κ1) is 31.2. The van der Waals surface area contributed by atoms with E-state index in [1.54, 1.807) is 31.4 Å². The molecule has 43 heavy (non-hydrogen) atoms. The van der Waals surface area contributed by atoms with Gasteiger partial charge in [-0.25, -0.2) is 12.8 Å². The number of nitrogens with one attached hydrogen (secondary N) is 1. The van der Waals surface area contributed by atoms with Gasteiger partial charge in [0.15, 0.2) is 0 Å². The SMILES string of the molecule is COc1ccc(S(=O)(=O)N2CCc3ccccc3C2CC(=O)NCC2CCC(C(c3ccc(F)cc3)N(C)C)CC2)cc1. The minimum atomic E-state index is -3.83. The third-order valence-corrected chi connectivity index (χ3v) is 11.0. The molecular formula is C34H42FN3O4S. The van der Waals surface area contributed by atoms with E-state index in [9.17, 15) is 17.6 Å². The first-order chi connectivity index (χ1) is 20.7. The maximum Gasteiger partial charge on any atom is 0.243 e. The Kier molecular flexibility index (Phi) is 9.84. The highest BCUT2D eigenvalue weighted by Gasteiger charge is 2.38. The molecule has 1 aliphatic carbocycles. The lowest BCUT2D eigenvalue weighted by atomic mass is 9.76. The first-order valence-corrected chi connectivity index (χ1v) is 16.5. The summed E-state index contributed by atoms with van der Waals surface area (Å²) >= 11 is 0. The van der Waals surface area contributed by atoms with Crippen LogP contribution < -0.4 is 10.1 Å². The molecule has 3 aromatic rings. The van der Waals surface area contributed by atoms with Gasteiger partial charge >= 0.3 is 0 Å². The van der Waals surface area contributed by atoms with Crippen molar-refractivity contribution in [1.29, 1.82) is 0 Å². The highest BCUT2D eigenvalue weighted by atomic mass is 32.2. The molecule has 1 aliphatic heterocycles. The van der Waals surface area contributed by atoms with E-state index in [2.05, 4.69) is 24.3 Å². The number of rotatable bonds is 10. The van der Waals surface area contributed by atoms with Crippen LogP contribution in [-0.2, 0) is 21.2 Å². The van der Waals surface area contributed by atoms with Crippen LogP contribution >= 0.6 is 0 Å². The van der Waals surface area contributed by atoms with E-state index >= 15 is 0 Å². The van der Waals surface area contributed by atoms with E-state index < -0.39 is 16.1 Å². The molecule has 0 saturated heterocycles. The Hall–Kier alpha value is -3.27. The van der Waals surface area contributed by atoms with Crippen LogP contribution in [0.15, 0.2) is 77.7 Å². The van der Waals surface area contributed by atoms with Crippen molar-refractivity contribution in [3.63, 3.8) is 0 Å². The maximum atomic E-state index is 13.8. The van der Waals surface area contributed by atoms with Crippen LogP contribution in [0, 0.1) is 17.7 Å². The lowest BCUT2D eigenvalue weighted by Crippen LogP contribution is -2.42. The molecule has 1 N–H and O–H groups in total. The topological polar surface area (TPSA) is 79.0 Å². The molecular weight excluding hydrogens is 565 g/mol. The van der Waals surface area contributed by atoms with Gasteiger partial charge in [0.05, 0.1) is 18.0 Å². The first-order valence-electron chi connectivity index (χ1n) is 15.1. The third-order valence-electron chi connectivity index (χ3n) is 9.10. The van der Waals surface area contributed by atoms with Gasteiger partial charge in [0.2, 0.25) is 15.9 Å². The van der Waals surface area contributed by atoms with E-state index in [4.69, 9.17) is 4.74 Å². The average Bonchev–Trinajstić information content (AvgIpc) is 3.01. The van der Waals surface area contributed by atoms with Crippen LogP contribution in [0.4, 0.5) is 4.39 Å². The van der Waals surface area contributed by atoms with Crippen LogP contribution in [0.2, 0.25) is 0 Å². The van der Waals surface area contributed by atoms with Gasteiger partial charge in [0.1, 0.15) is 11.6 Å². The second kappa shape index (κ2) is 13.6. The summed E-state index contributed by atoms with van der Waals surface area (Å²) in [6.45, 7) is 0.892. The van der Waals surface area contributed by atoms with E-state index in [0.717, 1.165) is 42.4 Å². The third kappa shape index (κ3) is 7.11. The summed E-state index contributed by atoms with van der Waals surface area (Å²) in [7, 11) is 1.85. The highest BCUT2D eigenvalue weighted by molar-refractivity contribution is 7.89. The fourth-order valence-electron chi connectivity index (χ4n) is 6.88. The second-order valence-electron chi connectivity index (χ2n) is 12.0. The van der Waals surface area contributed by atoms with Crippen molar-refractivity contribution in [2.45, 2.75) is 55.5 Å². The molecule has 0 radical (unpaired) electrons. The van der Waals surface area contributed by atoms with Crippen LogP contribution in [0.5, 0.6) is 5.75 Å². The number of carbonyl (C=O) groups is 1. The smallest absolute Gasteiger partial charge is 0.243 e. The number of halogens is 1. The Morgan fingerprint density at radius 2 is 1.67 bits per heavy atom. The van der Waals surface area contributed by atoms with Crippen molar-refractivity contribution in [3.05, 3.63) is 95.3 Å². The number of hydrogen-bond donors (Lipinski definition) is 1. The van der Waals surface area contributed by atoms with Gasteiger partial charge in [-0.05, 0) is 111 Å². The van der Waals surface area contributed by atoms with Crippen LogP contribution in [0.1, 0.15) is 60.9 Å². The van der Waals surface area contributed by atoms with Crippen LogP contribution in [-0.4, -0.2) is 57.8 Å². The van der Waals surface area contributed by atoms with Crippen molar-refractivity contribution in [2.75, 3.05) is 34.3 Å². The quantitative estimate of drug-likeness (QED) is 0.318. The minimum absolute atomic E-state index is 0.0645. The van der Waals surface area contributed by atoms with E-state index in [-0.39, 0.29) is 29.1 Å². The molecule has 0 aromatic heterocycles. The number of nitrogens with zero attached hydrogens (tertiary/aromatic N) is 2. The molecule has 9 heteroatoms. The molecule has 230 valence electrons. The number of hydrogen-bond acceptors (Lipinski definition) is 5. The van der Waals surface area contributed by atoms with E-state index in [1.165, 1.54) is 16.4 Å². The monoisotopic (exact) mass is 607 g/mol. The molecule has 7 nitrogen and oxygen atoms in total. The molecule has 1 heterocycles. The Morgan fingerprint density at radius 1 is 1.00 bits per heavy atom. The zero-order chi connectivity index (χ0) is 30.6. The number of benzene rings is 3. The van der Waals surface area contributed by atoms with Gasteiger partial charge in [-0.1, -0.05) is 36.4 Å². The number of amides is 1. The highest BCUT2D eigenvalue weighted by Crippen LogP contribution is 2.40. The molecule has 1 saturated carbocycles. The fraction of sp³-hybridized carbons (Fsp3) is 0.441. The molecule has 2 atom stereocenters. The van der Waals surface area contributed by atoms with Gasteiger partial charge in [0, 0.05) is 25.6 Å². The molecule has 0 bridgehead atoms. The predicted molar refractivity (Wildman–Crippen MR) is 166 cm³/mol. The normalized spacial score (nSPS) is 21.7. The van der Waals surface area contributed by atoms with Crippen molar-refractivity contribution in [3.8, 4) is 5.75 Å². The number of ether oxygens (including phenoxy) is 1. The summed E-state index contributed by atoms with van der Waals surface area (Å²) in [6.07, 6.45) is 4.73. The Labute approximate surface area is 255 Å². The summed E-state index contributed by atoms with van der Waals surface area (Å²) in [5.41, 5.74) is 3.10. The largest absolute Gasteiger partial charge is 0.497 e. The van der Waals surface area contributed by atoms with Gasteiger partial charge in [-0.3, -0.25) is 4.79 Å². The standard InChI is InChI=1S/C34H42FN3O4S/c1-37(2)34(27-12-14-28(35)15-13-27)26-10-8-24(9-11-26)23-36-33(39)22-32-31-7-5-4-6-25(31)20-21-38(32)43(40,41)30-18-16-29(42-3)17-19-30/h4-7,12-19,24,26,32,34H,8-11,20-23H2,1-3H3,(H,36,39). The van der Waals surface area contributed by atoms with Crippen molar-refractivity contribution < 1.29 is 22.3 Å². The lowest BCUT2D eigenvalue weighted by Gasteiger charge is -2.38. The van der Waals surface area contributed by atoms with Gasteiger partial charge in [-0.2, -0.15) is 4.31 Å². The number of methoxy groups -OCH3 is 1. The Morgan fingerprint density at radius 3 is 2.33 bits per heavy atom. The molecule has 3 aromatic carbocycles. The fourth-order valence-corrected chi connectivity index (χ4v) is 8.48. The second-order valence-corrected chi connectivity index (χ2v) is 13.9. The van der Waals surface area contributed by atoms with E-state index in [0.29, 0.717) is 37.1 Å². The zero-order valence-electron chi connectivity index (χ0n) is 25.2. The number of fused-ring (bicyclic) bond motifs is 1. The molecule has 2 unspecified atom stereocenters. The summed E-state index contributed by atoms with van der Waals surface area (Å²) in [6, 6.07) is 20.7. The maximum absolute atomic E-state index is 13.8. The average molecular weight is 608 g/mol. The minimum Gasteiger partial charge on any atom is -0.497 e. The molecule has 5 rings (SSSR count). The van der Waals surface area contributed by atoms with Gasteiger partial charge in [-0.15, -0.1) is 0 Å². The van der Waals surface area contributed by atoms with Crippen molar-refractivity contribution in [1.82, 2.24) is 14.5 Å². The predicted octanol–water partition coefficient (Wildman–Crippen LogP) is 5.74. The summed E-state index contributed by atoms with van der Waals surface area (Å²) in [4.78, 5) is 15.7. The molecule has 0 spiro atoms. The molecule has 1 fully saturated rings.